The van der Waals surface area contributed by atoms with Crippen molar-refractivity contribution < 1.29 is 45.0 Å². The van der Waals surface area contributed by atoms with Crippen molar-refractivity contribution in [2.24, 2.45) is 17.6 Å². The summed E-state index contributed by atoms with van der Waals surface area (Å²) in [5, 5.41) is 63.7. The van der Waals surface area contributed by atoms with E-state index in [0.29, 0.717) is 5.75 Å². The molecule has 8 N–H and O–H groups in total. The lowest BCUT2D eigenvalue weighted by Gasteiger charge is -2.52. The van der Waals surface area contributed by atoms with Gasteiger partial charge in [0.05, 0.1) is 17.2 Å². The van der Waals surface area contributed by atoms with E-state index in [1.807, 2.05) is 6.07 Å². The van der Waals surface area contributed by atoms with E-state index in [4.69, 9.17) is 10.8 Å². The van der Waals surface area contributed by atoms with Crippen molar-refractivity contribution in [3.8, 4) is 11.5 Å². The Labute approximate surface area is 223 Å². The maximum atomic E-state index is 13.3. The van der Waals surface area contributed by atoms with E-state index in [-0.39, 0.29) is 17.5 Å². The molecule has 2 aromatic carbocycles. The third-order valence-electron chi connectivity index (χ3n) is 7.78. The third kappa shape index (κ3) is 4.06. The minimum Gasteiger partial charge on any atom is -0.510 e. The monoisotopic (exact) mass is 538 g/mol. The molecular formula is C28H30N2O9. The highest BCUT2D eigenvalue weighted by Crippen LogP contribution is 2.56. The first-order valence-electron chi connectivity index (χ1n) is 12.1. The van der Waals surface area contributed by atoms with Gasteiger partial charge >= 0.3 is 0 Å². The van der Waals surface area contributed by atoms with Gasteiger partial charge in [0.15, 0.2) is 11.4 Å². The molecule has 0 unspecified atom stereocenters. The van der Waals surface area contributed by atoms with Crippen LogP contribution in [0.3, 0.4) is 0 Å². The highest BCUT2D eigenvalue weighted by Gasteiger charge is 2.65. The number of rotatable bonds is 2. The van der Waals surface area contributed by atoms with Crippen molar-refractivity contribution in [1.82, 2.24) is 4.90 Å². The zero-order valence-electron chi connectivity index (χ0n) is 21.5. The van der Waals surface area contributed by atoms with Crippen molar-refractivity contribution >= 4 is 17.5 Å². The van der Waals surface area contributed by atoms with Crippen LogP contribution in [0.25, 0.3) is 0 Å². The number of nitrogens with two attached hydrogens (primary N) is 1. The quantitative estimate of drug-likeness (QED) is 0.272. The number of primary amides is 1. The van der Waals surface area contributed by atoms with Crippen LogP contribution in [-0.2, 0) is 15.2 Å². The number of phenolic OH excluding ortho intramolecular Hbond substituents is 2. The Morgan fingerprint density at radius 3 is 2.10 bits per heavy atom. The lowest BCUT2D eigenvalue weighted by Crippen LogP contribution is -2.65. The molecule has 206 valence electrons. The second kappa shape index (κ2) is 9.53. The van der Waals surface area contributed by atoms with Crippen LogP contribution in [0.4, 0.5) is 0 Å². The Balaban J connectivity index is 0.000000438. The van der Waals surface area contributed by atoms with Gasteiger partial charge in [-0.2, -0.15) is 0 Å². The average molecular weight is 539 g/mol. The SMILES string of the molecule is CN(C)[C@@H]1C(O)=C(C(N)=O)C(=O)[C@@]2(O)C(O)=C3C(=O)c4c(O)cccc4[C@@](C)(O)[C@H]3C[C@@H]12.Oc1ccccc1. The minimum atomic E-state index is -2.75. The van der Waals surface area contributed by atoms with E-state index >= 15 is 0 Å². The van der Waals surface area contributed by atoms with Crippen LogP contribution in [-0.4, -0.2) is 78.8 Å². The normalized spacial score (nSPS) is 29.7. The molecule has 2 aromatic rings. The van der Waals surface area contributed by atoms with Crippen LogP contribution < -0.4 is 5.73 Å². The van der Waals surface area contributed by atoms with E-state index in [1.165, 1.54) is 44.1 Å². The lowest BCUT2D eigenvalue weighted by atomic mass is 9.55. The number of carbonyl (C=O) groups excluding carboxylic acids is 3. The first kappa shape index (κ1) is 27.8. The molecule has 0 aliphatic heterocycles. The summed E-state index contributed by atoms with van der Waals surface area (Å²) >= 11 is 0. The molecule has 39 heavy (non-hydrogen) atoms. The van der Waals surface area contributed by atoms with Crippen LogP contribution in [0.15, 0.2) is 71.2 Å². The fraction of sp³-hybridized carbons (Fsp3) is 0.321. The number of hydrogen-bond acceptors (Lipinski definition) is 10. The summed E-state index contributed by atoms with van der Waals surface area (Å²) in [7, 11) is 3.06. The second-order valence-electron chi connectivity index (χ2n) is 10.3. The molecule has 0 saturated carbocycles. The summed E-state index contributed by atoms with van der Waals surface area (Å²) in [4.78, 5) is 39.9. The summed E-state index contributed by atoms with van der Waals surface area (Å²) in [6, 6.07) is 11.8. The molecule has 0 aromatic heterocycles. The molecule has 0 heterocycles. The first-order valence-corrected chi connectivity index (χ1v) is 12.1. The molecule has 11 nitrogen and oxygen atoms in total. The van der Waals surface area contributed by atoms with Gasteiger partial charge in [-0.1, -0.05) is 30.3 Å². The molecule has 11 heteroatoms. The number of aliphatic hydroxyl groups excluding tert-OH is 2. The van der Waals surface area contributed by atoms with Gasteiger partial charge in [0.2, 0.25) is 5.78 Å². The summed E-state index contributed by atoms with van der Waals surface area (Å²) in [5.41, 5.74) is -0.654. The molecule has 3 aliphatic rings. The Hall–Kier alpha value is -4.19. The van der Waals surface area contributed by atoms with E-state index in [0.717, 1.165) is 0 Å². The molecule has 0 bridgehead atoms. The number of amides is 1. The van der Waals surface area contributed by atoms with Gasteiger partial charge in [-0.15, -0.1) is 0 Å². The topological polar surface area (TPSA) is 202 Å². The number of likely N-dealkylation sites (N-methyl/N-ethyl adjacent to an activating group) is 1. The number of aliphatic hydroxyl groups is 4. The summed E-state index contributed by atoms with van der Waals surface area (Å²) in [6.07, 6.45) is -0.200. The Morgan fingerprint density at radius 1 is 0.974 bits per heavy atom. The number of hydrogen-bond donors (Lipinski definition) is 7. The Kier molecular flexibility index (Phi) is 6.80. The van der Waals surface area contributed by atoms with Crippen molar-refractivity contribution in [1.29, 1.82) is 0 Å². The highest BCUT2D eigenvalue weighted by atomic mass is 16.3. The number of ketones is 2. The molecule has 5 atom stereocenters. The minimum absolute atomic E-state index is 0.135. The summed E-state index contributed by atoms with van der Waals surface area (Å²) in [6.45, 7) is 1.40. The first-order chi connectivity index (χ1) is 18.2. The number of aromatic hydroxyl groups is 2. The summed E-state index contributed by atoms with van der Waals surface area (Å²) < 4.78 is 0. The summed E-state index contributed by atoms with van der Waals surface area (Å²) in [5.74, 6) is -7.57. The number of phenols is 2. The maximum Gasteiger partial charge on any atom is 0.255 e. The molecule has 0 fully saturated rings. The van der Waals surface area contributed by atoms with E-state index in [9.17, 15) is 39.9 Å². The van der Waals surface area contributed by atoms with Gasteiger partial charge in [0, 0.05) is 17.4 Å². The maximum absolute atomic E-state index is 13.3. The van der Waals surface area contributed by atoms with Gasteiger partial charge in [-0.05, 0) is 51.2 Å². The van der Waals surface area contributed by atoms with Gasteiger partial charge in [0.1, 0.15) is 28.6 Å². The van der Waals surface area contributed by atoms with Crippen molar-refractivity contribution in [2.75, 3.05) is 14.1 Å². The van der Waals surface area contributed by atoms with Gasteiger partial charge in [-0.3, -0.25) is 19.3 Å². The molecule has 0 saturated heterocycles. The molecule has 5 rings (SSSR count). The lowest BCUT2D eigenvalue weighted by molar-refractivity contribution is -0.151. The zero-order valence-corrected chi connectivity index (χ0v) is 21.5. The van der Waals surface area contributed by atoms with E-state index in [1.54, 1.807) is 24.3 Å². The molecule has 0 radical (unpaired) electrons. The smallest absolute Gasteiger partial charge is 0.255 e. The van der Waals surface area contributed by atoms with Gasteiger partial charge in [0.25, 0.3) is 5.91 Å². The van der Waals surface area contributed by atoms with Gasteiger partial charge < -0.3 is 36.4 Å². The third-order valence-corrected chi connectivity index (χ3v) is 7.78. The van der Waals surface area contributed by atoms with Gasteiger partial charge in [-0.25, -0.2) is 0 Å². The number of nitrogens with zero attached hydrogens (tertiary/aromatic N) is 1. The number of para-hydroxylation sites is 1. The number of carbonyl (C=O) groups is 3. The van der Waals surface area contributed by atoms with Crippen LogP contribution in [0.2, 0.25) is 0 Å². The highest BCUT2D eigenvalue weighted by molar-refractivity contribution is 6.24. The average Bonchev–Trinajstić information content (AvgIpc) is 2.85. The second-order valence-corrected chi connectivity index (χ2v) is 10.3. The van der Waals surface area contributed by atoms with Crippen molar-refractivity contribution in [3.63, 3.8) is 0 Å². The molecule has 0 spiro atoms. The Morgan fingerprint density at radius 2 is 1.59 bits per heavy atom. The van der Waals surface area contributed by atoms with E-state index < -0.39 is 75.0 Å². The number of Topliss-reactive ketones (excluding diaryl/α,β-unsaturated/α-hetero) is 2. The molecule has 3 aliphatic carbocycles. The fourth-order valence-electron chi connectivity index (χ4n) is 5.94. The van der Waals surface area contributed by atoms with Crippen molar-refractivity contribution in [2.45, 2.75) is 30.6 Å². The van der Waals surface area contributed by atoms with Crippen LogP contribution >= 0.6 is 0 Å². The standard InChI is InChI=1S/C22H24N2O8.C6H6O/c1-21(31)8-5-4-6-11(25)12(8)16(26)13-9(21)7-10-15(24(2)3)17(27)14(20(23)30)19(29)22(10,32)18(13)28;7-6-4-2-1-3-5-6/h4-6,9-10,15,25,27-28,31-32H,7H2,1-3H3,(H2,23,30);1-5,7H/t9-,10-,15-,21+,22-;/m0./s1. The van der Waals surface area contributed by atoms with Crippen LogP contribution in [0.1, 0.15) is 29.3 Å². The number of fused-ring (bicyclic) bond motifs is 3. The zero-order chi connectivity index (χ0) is 29.0. The predicted octanol–water partition coefficient (Wildman–Crippen LogP) is 1.18. The van der Waals surface area contributed by atoms with Crippen molar-refractivity contribution in [3.05, 3.63) is 82.3 Å². The van der Waals surface area contributed by atoms with E-state index in [2.05, 4.69) is 0 Å². The Bertz CT molecular complexity index is 1430. The predicted molar refractivity (Wildman–Crippen MR) is 138 cm³/mol. The molecular weight excluding hydrogens is 508 g/mol. The largest absolute Gasteiger partial charge is 0.510 e. The van der Waals surface area contributed by atoms with Crippen LogP contribution in [0, 0.1) is 11.8 Å². The number of benzene rings is 2. The van der Waals surface area contributed by atoms with Crippen LogP contribution in [0.5, 0.6) is 11.5 Å². The fourth-order valence-corrected chi connectivity index (χ4v) is 5.94. The molecule has 1 amide bonds.